The molecule has 0 aliphatic heterocycles. The molecule has 0 aliphatic carbocycles. The largest absolute Gasteiger partial charge is 0.204 e. The van der Waals surface area contributed by atoms with Crippen LogP contribution in [0.15, 0.2) is 77.8 Å². The minimum Gasteiger partial charge on any atom is -0.204 e. The minimum atomic E-state index is -0.837. The van der Waals surface area contributed by atoms with Crippen molar-refractivity contribution in [2.75, 3.05) is 0 Å². The lowest BCUT2D eigenvalue weighted by molar-refractivity contribution is 0.507. The number of rotatable bonds is 4. The van der Waals surface area contributed by atoms with Crippen LogP contribution in [0.25, 0.3) is 22.0 Å². The number of aromatic nitrogens is 2. The summed E-state index contributed by atoms with van der Waals surface area (Å²) in [7, 11) is 0. The standard InChI is InChI=1S/C21H14F2N2S/c22-18-11-10-14(12-19(18)23)13-26-21-17-9-5-4-8-16(17)20(24-25-21)15-6-2-1-3-7-15/h1-12H,13H2. The second-order valence-electron chi connectivity index (χ2n) is 5.80. The second-order valence-corrected chi connectivity index (χ2v) is 6.77. The first-order valence-electron chi connectivity index (χ1n) is 8.10. The Morgan fingerprint density at radius 2 is 1.46 bits per heavy atom. The molecule has 0 N–H and O–H groups in total. The number of hydrogen-bond acceptors (Lipinski definition) is 3. The first kappa shape index (κ1) is 16.7. The highest BCUT2D eigenvalue weighted by Gasteiger charge is 2.11. The van der Waals surface area contributed by atoms with Crippen LogP contribution in [0.3, 0.4) is 0 Å². The smallest absolute Gasteiger partial charge is 0.159 e. The molecule has 0 saturated carbocycles. The Morgan fingerprint density at radius 1 is 0.731 bits per heavy atom. The number of halogens is 2. The van der Waals surface area contributed by atoms with Crippen LogP contribution >= 0.6 is 11.8 Å². The van der Waals surface area contributed by atoms with Gasteiger partial charge in [0.2, 0.25) is 0 Å². The van der Waals surface area contributed by atoms with Crippen molar-refractivity contribution in [3.63, 3.8) is 0 Å². The van der Waals surface area contributed by atoms with Crippen molar-refractivity contribution in [1.82, 2.24) is 10.2 Å². The molecule has 0 aliphatic rings. The van der Waals surface area contributed by atoms with E-state index in [0.29, 0.717) is 11.3 Å². The van der Waals surface area contributed by atoms with Gasteiger partial charge in [0.15, 0.2) is 11.6 Å². The van der Waals surface area contributed by atoms with Crippen molar-refractivity contribution in [2.24, 2.45) is 0 Å². The van der Waals surface area contributed by atoms with Crippen LogP contribution in [0.2, 0.25) is 0 Å². The van der Waals surface area contributed by atoms with Gasteiger partial charge < -0.3 is 0 Å². The van der Waals surface area contributed by atoms with Gasteiger partial charge in [0, 0.05) is 22.1 Å². The Hall–Kier alpha value is -2.79. The average Bonchev–Trinajstić information content (AvgIpc) is 2.69. The van der Waals surface area contributed by atoms with Crippen molar-refractivity contribution in [3.05, 3.63) is 90.0 Å². The Labute approximate surface area is 153 Å². The van der Waals surface area contributed by atoms with E-state index in [-0.39, 0.29) is 0 Å². The third kappa shape index (κ3) is 3.30. The van der Waals surface area contributed by atoms with Gasteiger partial charge in [-0.15, -0.1) is 10.2 Å². The normalized spacial score (nSPS) is 11.0. The third-order valence-electron chi connectivity index (χ3n) is 4.06. The van der Waals surface area contributed by atoms with Gasteiger partial charge in [-0.25, -0.2) is 8.78 Å². The Kier molecular flexibility index (Phi) is 4.63. The summed E-state index contributed by atoms with van der Waals surface area (Å²) >= 11 is 1.46. The maximum atomic E-state index is 13.4. The molecule has 1 aromatic heterocycles. The SMILES string of the molecule is Fc1ccc(CSc2nnc(-c3ccccc3)c3ccccc23)cc1F. The summed E-state index contributed by atoms with van der Waals surface area (Å²) < 4.78 is 26.5. The van der Waals surface area contributed by atoms with E-state index in [9.17, 15) is 8.78 Å². The zero-order chi connectivity index (χ0) is 17.9. The Morgan fingerprint density at radius 3 is 2.23 bits per heavy atom. The molecule has 0 bridgehead atoms. The quantitative estimate of drug-likeness (QED) is 0.424. The first-order chi connectivity index (χ1) is 12.7. The fourth-order valence-electron chi connectivity index (χ4n) is 2.78. The van der Waals surface area contributed by atoms with Crippen molar-refractivity contribution in [2.45, 2.75) is 10.8 Å². The fourth-order valence-corrected chi connectivity index (χ4v) is 3.69. The molecule has 128 valence electrons. The van der Waals surface area contributed by atoms with Crippen LogP contribution in [0.5, 0.6) is 0 Å². The number of nitrogens with zero attached hydrogens (tertiary/aromatic N) is 2. The molecule has 0 radical (unpaired) electrons. The van der Waals surface area contributed by atoms with Gasteiger partial charge in [-0.2, -0.15) is 0 Å². The first-order valence-corrected chi connectivity index (χ1v) is 9.08. The van der Waals surface area contributed by atoms with Crippen LogP contribution in [-0.2, 0) is 5.75 Å². The number of hydrogen-bond donors (Lipinski definition) is 0. The fraction of sp³-hybridized carbons (Fsp3) is 0.0476. The highest BCUT2D eigenvalue weighted by Crippen LogP contribution is 2.33. The predicted octanol–water partition coefficient (Wildman–Crippen LogP) is 5.87. The molecular formula is C21H14F2N2S. The van der Waals surface area contributed by atoms with E-state index in [4.69, 9.17) is 0 Å². The molecule has 5 heteroatoms. The molecule has 2 nitrogen and oxygen atoms in total. The molecule has 0 atom stereocenters. The summed E-state index contributed by atoms with van der Waals surface area (Å²) in [6.07, 6.45) is 0. The van der Waals surface area contributed by atoms with Crippen LogP contribution < -0.4 is 0 Å². The Bertz CT molecular complexity index is 1070. The van der Waals surface area contributed by atoms with E-state index in [1.54, 1.807) is 6.07 Å². The van der Waals surface area contributed by atoms with Gasteiger partial charge in [-0.05, 0) is 17.7 Å². The zero-order valence-corrected chi connectivity index (χ0v) is 14.5. The van der Waals surface area contributed by atoms with Gasteiger partial charge in [-0.1, -0.05) is 72.4 Å². The van der Waals surface area contributed by atoms with Gasteiger partial charge >= 0.3 is 0 Å². The molecule has 0 spiro atoms. The van der Waals surface area contributed by atoms with E-state index in [2.05, 4.69) is 10.2 Å². The lowest BCUT2D eigenvalue weighted by atomic mass is 10.1. The summed E-state index contributed by atoms with van der Waals surface area (Å²) in [4.78, 5) is 0. The number of thioether (sulfide) groups is 1. The van der Waals surface area contributed by atoms with E-state index in [0.717, 1.165) is 33.1 Å². The maximum absolute atomic E-state index is 13.4. The summed E-state index contributed by atoms with van der Waals surface area (Å²) in [5.74, 6) is -1.18. The highest BCUT2D eigenvalue weighted by atomic mass is 32.2. The van der Waals surface area contributed by atoms with Crippen LogP contribution in [0.1, 0.15) is 5.56 Å². The lowest BCUT2D eigenvalue weighted by Gasteiger charge is -2.09. The highest BCUT2D eigenvalue weighted by molar-refractivity contribution is 7.98. The van der Waals surface area contributed by atoms with E-state index in [1.807, 2.05) is 54.6 Å². The molecule has 1 heterocycles. The monoisotopic (exact) mass is 364 g/mol. The minimum absolute atomic E-state index is 0.487. The van der Waals surface area contributed by atoms with Gasteiger partial charge in [0.1, 0.15) is 10.7 Å². The van der Waals surface area contributed by atoms with E-state index in [1.165, 1.54) is 17.8 Å². The van der Waals surface area contributed by atoms with Crippen molar-refractivity contribution >= 4 is 22.5 Å². The Balaban J connectivity index is 1.69. The molecule has 3 aromatic carbocycles. The predicted molar refractivity (Wildman–Crippen MR) is 101 cm³/mol. The average molecular weight is 364 g/mol. The van der Waals surface area contributed by atoms with Crippen LogP contribution in [0.4, 0.5) is 8.78 Å². The molecule has 0 unspecified atom stereocenters. The topological polar surface area (TPSA) is 25.8 Å². The summed E-state index contributed by atoms with van der Waals surface area (Å²) in [6, 6.07) is 21.8. The molecule has 26 heavy (non-hydrogen) atoms. The van der Waals surface area contributed by atoms with Crippen molar-refractivity contribution in [1.29, 1.82) is 0 Å². The maximum Gasteiger partial charge on any atom is 0.159 e. The summed E-state index contributed by atoms with van der Waals surface area (Å²) in [5.41, 5.74) is 2.54. The molecule has 0 fully saturated rings. The van der Waals surface area contributed by atoms with E-state index < -0.39 is 11.6 Å². The van der Waals surface area contributed by atoms with Gasteiger partial charge in [0.05, 0.1) is 0 Å². The van der Waals surface area contributed by atoms with Crippen molar-refractivity contribution < 1.29 is 8.78 Å². The van der Waals surface area contributed by atoms with Crippen LogP contribution in [-0.4, -0.2) is 10.2 Å². The van der Waals surface area contributed by atoms with Gasteiger partial charge in [-0.3, -0.25) is 0 Å². The molecule has 4 rings (SSSR count). The molecular weight excluding hydrogens is 350 g/mol. The van der Waals surface area contributed by atoms with E-state index >= 15 is 0 Å². The second kappa shape index (κ2) is 7.22. The third-order valence-corrected chi connectivity index (χ3v) is 5.11. The lowest BCUT2D eigenvalue weighted by Crippen LogP contribution is -1.94. The molecule has 0 saturated heterocycles. The molecule has 4 aromatic rings. The number of benzene rings is 3. The summed E-state index contributed by atoms with van der Waals surface area (Å²) in [5, 5.41) is 11.6. The van der Waals surface area contributed by atoms with Crippen molar-refractivity contribution in [3.8, 4) is 11.3 Å². The number of fused-ring (bicyclic) bond motifs is 1. The van der Waals surface area contributed by atoms with Gasteiger partial charge in [0.25, 0.3) is 0 Å². The summed E-state index contributed by atoms with van der Waals surface area (Å²) in [6.45, 7) is 0. The van der Waals surface area contributed by atoms with Crippen LogP contribution in [0, 0.1) is 11.6 Å². The molecule has 0 amide bonds. The zero-order valence-electron chi connectivity index (χ0n) is 13.7.